The van der Waals surface area contributed by atoms with E-state index in [9.17, 15) is 0 Å². The van der Waals surface area contributed by atoms with Gasteiger partial charge in [-0.05, 0) is 24.2 Å². The van der Waals surface area contributed by atoms with Gasteiger partial charge in [0.05, 0.1) is 19.8 Å². The van der Waals surface area contributed by atoms with E-state index < -0.39 is 0 Å². The third-order valence-electron chi connectivity index (χ3n) is 4.82. The summed E-state index contributed by atoms with van der Waals surface area (Å²) in [6.45, 7) is 21.5. The number of hydrogen-bond acceptors (Lipinski definition) is 3. The van der Waals surface area contributed by atoms with Crippen molar-refractivity contribution in [1.29, 1.82) is 0 Å². The Labute approximate surface area is 166 Å². The molecule has 1 aliphatic heterocycles. The van der Waals surface area contributed by atoms with Crippen molar-refractivity contribution in [3.8, 4) is 5.75 Å². The highest BCUT2D eigenvalue weighted by Crippen LogP contribution is 2.40. The van der Waals surface area contributed by atoms with Crippen LogP contribution in [0.25, 0.3) is 0 Å². The minimum atomic E-state index is 0. The minimum absolute atomic E-state index is 0. The van der Waals surface area contributed by atoms with E-state index in [2.05, 4.69) is 65.5 Å². The lowest BCUT2D eigenvalue weighted by Gasteiger charge is -2.31. The highest BCUT2D eigenvalue weighted by atomic mass is 35.5. The van der Waals surface area contributed by atoms with Gasteiger partial charge >= 0.3 is 0 Å². The van der Waals surface area contributed by atoms with Gasteiger partial charge in [0.1, 0.15) is 5.75 Å². The number of ether oxygens (including phenoxy) is 2. The van der Waals surface area contributed by atoms with Gasteiger partial charge in [0.25, 0.3) is 0 Å². The van der Waals surface area contributed by atoms with Crippen molar-refractivity contribution in [1.82, 2.24) is 4.90 Å². The third-order valence-corrected chi connectivity index (χ3v) is 4.82. The molecular weight excluding hydrogens is 346 g/mol. The molecule has 3 nitrogen and oxygen atoms in total. The highest BCUT2D eigenvalue weighted by molar-refractivity contribution is 5.50. The van der Waals surface area contributed by atoms with Crippen molar-refractivity contribution in [2.45, 2.75) is 65.7 Å². The van der Waals surface area contributed by atoms with Crippen LogP contribution >= 0.6 is 0 Å². The van der Waals surface area contributed by atoms with E-state index in [1.165, 1.54) is 16.7 Å². The Balaban J connectivity index is 0.00000338. The molecule has 1 fully saturated rings. The molecule has 0 amide bonds. The van der Waals surface area contributed by atoms with Crippen LogP contribution in [0.3, 0.4) is 0 Å². The first kappa shape index (κ1) is 23.3. The fourth-order valence-electron chi connectivity index (χ4n) is 3.33. The van der Waals surface area contributed by atoms with E-state index in [4.69, 9.17) is 9.47 Å². The van der Waals surface area contributed by atoms with Crippen LogP contribution in [-0.4, -0.2) is 44.4 Å². The number of halogens is 1. The SMILES string of the molecule is Cc1cc(C(C)(C)C)c(OCCCN2CCOCC2)c(C(C)(C)C)c1.[Cl-]. The summed E-state index contributed by atoms with van der Waals surface area (Å²) in [6, 6.07) is 4.60. The molecule has 0 bridgehead atoms. The number of rotatable bonds is 5. The molecule has 1 aromatic rings. The van der Waals surface area contributed by atoms with E-state index in [0.717, 1.165) is 51.6 Å². The molecule has 2 rings (SSSR count). The number of morpholine rings is 1. The molecule has 0 radical (unpaired) electrons. The van der Waals surface area contributed by atoms with Gasteiger partial charge in [-0.15, -0.1) is 0 Å². The van der Waals surface area contributed by atoms with Crippen molar-refractivity contribution in [2.75, 3.05) is 39.5 Å². The summed E-state index contributed by atoms with van der Waals surface area (Å²) < 4.78 is 11.8. The average Bonchev–Trinajstić information content (AvgIpc) is 2.51. The van der Waals surface area contributed by atoms with Gasteiger partial charge in [0.2, 0.25) is 0 Å². The Morgan fingerprint density at radius 1 is 0.962 bits per heavy atom. The lowest BCUT2D eigenvalue weighted by atomic mass is 9.78. The first-order valence-electron chi connectivity index (χ1n) is 9.67. The monoisotopic (exact) mass is 382 g/mol. The number of nitrogens with zero attached hydrogens (tertiary/aromatic N) is 1. The van der Waals surface area contributed by atoms with Crippen molar-refractivity contribution in [2.24, 2.45) is 0 Å². The zero-order chi connectivity index (χ0) is 18.7. The zero-order valence-corrected chi connectivity index (χ0v) is 18.5. The summed E-state index contributed by atoms with van der Waals surface area (Å²) in [4.78, 5) is 2.47. The van der Waals surface area contributed by atoms with E-state index in [0.29, 0.717) is 0 Å². The number of hydrogen-bond donors (Lipinski definition) is 0. The average molecular weight is 383 g/mol. The standard InChI is InChI=1S/C22H37NO2.ClH/c1-17-15-18(21(2,3)4)20(19(16-17)22(5,6)7)25-12-8-9-23-10-13-24-14-11-23;/h15-16H,8-14H2,1-7H3;1H/p-1. The smallest absolute Gasteiger partial charge is 0.126 e. The van der Waals surface area contributed by atoms with Crippen molar-refractivity contribution in [3.05, 3.63) is 28.8 Å². The van der Waals surface area contributed by atoms with Crippen molar-refractivity contribution >= 4 is 0 Å². The van der Waals surface area contributed by atoms with E-state index >= 15 is 0 Å². The molecule has 0 aliphatic carbocycles. The Morgan fingerprint density at radius 3 is 1.92 bits per heavy atom. The number of aryl methyl sites for hydroxylation is 1. The molecule has 0 saturated carbocycles. The first-order valence-corrected chi connectivity index (χ1v) is 9.67. The molecule has 1 saturated heterocycles. The molecule has 1 heterocycles. The predicted octanol–water partition coefficient (Wildman–Crippen LogP) is 1.70. The summed E-state index contributed by atoms with van der Waals surface area (Å²) in [5, 5.41) is 0. The third kappa shape index (κ3) is 6.44. The van der Waals surface area contributed by atoms with Gasteiger partial charge in [0, 0.05) is 30.8 Å². The van der Waals surface area contributed by atoms with Gasteiger partial charge < -0.3 is 21.9 Å². The van der Waals surface area contributed by atoms with Crippen LogP contribution in [0.5, 0.6) is 5.75 Å². The van der Waals surface area contributed by atoms with Crippen molar-refractivity contribution in [3.63, 3.8) is 0 Å². The van der Waals surface area contributed by atoms with Crippen LogP contribution in [-0.2, 0) is 15.6 Å². The van der Waals surface area contributed by atoms with Crippen LogP contribution in [0.1, 0.15) is 64.7 Å². The minimum Gasteiger partial charge on any atom is -1.00 e. The quantitative estimate of drug-likeness (QED) is 0.723. The fraction of sp³-hybridized carbons (Fsp3) is 0.727. The Hall–Kier alpha value is -0.770. The summed E-state index contributed by atoms with van der Waals surface area (Å²) in [5.41, 5.74) is 4.11. The maximum absolute atomic E-state index is 6.41. The molecule has 26 heavy (non-hydrogen) atoms. The molecule has 0 spiro atoms. The first-order chi connectivity index (χ1) is 11.6. The molecule has 0 aromatic heterocycles. The molecular formula is C22H37ClNO2-. The van der Waals surface area contributed by atoms with E-state index in [1.807, 2.05) is 0 Å². The molecule has 1 aromatic carbocycles. The summed E-state index contributed by atoms with van der Waals surface area (Å²) in [5.74, 6) is 1.10. The van der Waals surface area contributed by atoms with Crippen LogP contribution in [0.2, 0.25) is 0 Å². The second-order valence-corrected chi connectivity index (χ2v) is 9.35. The van der Waals surface area contributed by atoms with Gasteiger partial charge in [-0.1, -0.05) is 59.2 Å². The zero-order valence-electron chi connectivity index (χ0n) is 17.7. The Kier molecular flexibility index (Phi) is 8.44. The number of benzene rings is 1. The highest BCUT2D eigenvalue weighted by Gasteiger charge is 2.27. The molecule has 0 atom stereocenters. The topological polar surface area (TPSA) is 21.7 Å². The largest absolute Gasteiger partial charge is 1.00 e. The van der Waals surface area contributed by atoms with Gasteiger partial charge in [0.15, 0.2) is 0 Å². The molecule has 4 heteroatoms. The second-order valence-electron chi connectivity index (χ2n) is 9.35. The summed E-state index contributed by atoms with van der Waals surface area (Å²) in [6.07, 6.45) is 1.06. The Bertz CT molecular complexity index is 531. The Morgan fingerprint density at radius 2 is 1.46 bits per heavy atom. The maximum Gasteiger partial charge on any atom is 0.126 e. The molecule has 150 valence electrons. The lowest BCUT2D eigenvalue weighted by Crippen LogP contribution is -3.00. The van der Waals surface area contributed by atoms with Gasteiger partial charge in [-0.2, -0.15) is 0 Å². The van der Waals surface area contributed by atoms with Gasteiger partial charge in [-0.3, -0.25) is 4.90 Å². The van der Waals surface area contributed by atoms with Crippen LogP contribution in [0, 0.1) is 6.92 Å². The van der Waals surface area contributed by atoms with Crippen LogP contribution < -0.4 is 17.1 Å². The van der Waals surface area contributed by atoms with Crippen LogP contribution in [0.15, 0.2) is 12.1 Å². The lowest BCUT2D eigenvalue weighted by molar-refractivity contribution is -0.00000807. The summed E-state index contributed by atoms with van der Waals surface area (Å²) >= 11 is 0. The van der Waals surface area contributed by atoms with E-state index in [-0.39, 0.29) is 23.2 Å². The molecule has 0 N–H and O–H groups in total. The maximum atomic E-state index is 6.41. The molecule has 1 aliphatic rings. The van der Waals surface area contributed by atoms with Crippen LogP contribution in [0.4, 0.5) is 0 Å². The van der Waals surface area contributed by atoms with E-state index in [1.54, 1.807) is 0 Å². The molecule has 0 unspecified atom stereocenters. The fourth-order valence-corrected chi connectivity index (χ4v) is 3.33. The van der Waals surface area contributed by atoms with Crippen molar-refractivity contribution < 1.29 is 21.9 Å². The normalized spacial score (nSPS) is 16.3. The summed E-state index contributed by atoms with van der Waals surface area (Å²) in [7, 11) is 0. The second kappa shape index (κ2) is 9.43. The predicted molar refractivity (Wildman–Crippen MR) is 106 cm³/mol. The van der Waals surface area contributed by atoms with Gasteiger partial charge in [-0.25, -0.2) is 0 Å².